The van der Waals surface area contributed by atoms with Crippen molar-refractivity contribution in [3.05, 3.63) is 39.8 Å². The lowest BCUT2D eigenvalue weighted by molar-refractivity contribution is 0.181. The number of hydrogen-bond acceptors (Lipinski definition) is 5. The van der Waals surface area contributed by atoms with Crippen LogP contribution < -0.4 is 10.1 Å². The molecule has 2 aliphatic rings. The number of hydrogen-bond donors (Lipinski definition) is 1. The van der Waals surface area contributed by atoms with Gasteiger partial charge in [-0.3, -0.25) is 0 Å². The lowest BCUT2D eigenvalue weighted by atomic mass is 9.98. The van der Waals surface area contributed by atoms with Gasteiger partial charge in [-0.25, -0.2) is 4.79 Å². The number of benzene rings is 1. The van der Waals surface area contributed by atoms with E-state index < -0.39 is 0 Å². The second-order valence-electron chi connectivity index (χ2n) is 7.34. The van der Waals surface area contributed by atoms with E-state index in [0.717, 1.165) is 43.1 Å². The van der Waals surface area contributed by atoms with Crippen molar-refractivity contribution in [1.82, 2.24) is 20.4 Å². The highest BCUT2D eigenvalue weighted by molar-refractivity contribution is 7.11. The third-order valence-corrected chi connectivity index (χ3v) is 6.61. The molecular weight excluding hydrogens is 360 g/mol. The number of urea groups is 1. The van der Waals surface area contributed by atoms with Crippen molar-refractivity contribution in [2.24, 2.45) is 0 Å². The van der Waals surface area contributed by atoms with Gasteiger partial charge in [0.2, 0.25) is 0 Å². The van der Waals surface area contributed by atoms with E-state index in [-0.39, 0.29) is 6.03 Å². The molecule has 1 saturated carbocycles. The SMILES string of the molecule is COc1ccc(CCNC(=O)N2CCC(c3nnc(C4CC4)s3)CC2)cc1. The molecule has 144 valence electrons. The summed E-state index contributed by atoms with van der Waals surface area (Å²) in [7, 11) is 1.66. The quantitative estimate of drug-likeness (QED) is 0.824. The summed E-state index contributed by atoms with van der Waals surface area (Å²) in [6.45, 7) is 2.22. The number of carbonyl (C=O) groups is 1. The fourth-order valence-electron chi connectivity index (χ4n) is 3.45. The van der Waals surface area contributed by atoms with Crippen molar-refractivity contribution in [3.63, 3.8) is 0 Å². The van der Waals surface area contributed by atoms with Crippen molar-refractivity contribution in [1.29, 1.82) is 0 Å². The predicted octanol–water partition coefficient (Wildman–Crippen LogP) is 3.56. The van der Waals surface area contributed by atoms with Crippen molar-refractivity contribution < 1.29 is 9.53 Å². The summed E-state index contributed by atoms with van der Waals surface area (Å²) in [5, 5.41) is 14.2. The van der Waals surface area contributed by atoms with E-state index in [1.807, 2.05) is 29.2 Å². The molecule has 0 spiro atoms. The molecule has 4 rings (SSSR count). The summed E-state index contributed by atoms with van der Waals surface area (Å²) in [5.74, 6) is 1.98. The van der Waals surface area contributed by atoms with E-state index >= 15 is 0 Å². The van der Waals surface area contributed by atoms with Crippen LogP contribution in [0, 0.1) is 0 Å². The van der Waals surface area contributed by atoms with E-state index in [0.29, 0.717) is 18.4 Å². The first-order valence-corrected chi connectivity index (χ1v) is 10.5. The number of nitrogens with one attached hydrogen (secondary N) is 1. The zero-order chi connectivity index (χ0) is 18.6. The van der Waals surface area contributed by atoms with Gasteiger partial charge in [0.05, 0.1) is 7.11 Å². The number of amides is 2. The first-order chi connectivity index (χ1) is 13.2. The molecular formula is C20H26N4O2S. The van der Waals surface area contributed by atoms with Crippen LogP contribution in [0.15, 0.2) is 24.3 Å². The Morgan fingerprint density at radius 1 is 1.11 bits per heavy atom. The summed E-state index contributed by atoms with van der Waals surface area (Å²) in [6.07, 6.45) is 5.31. The van der Waals surface area contributed by atoms with Gasteiger partial charge in [-0.05, 0) is 49.8 Å². The average molecular weight is 387 g/mol. The van der Waals surface area contributed by atoms with Gasteiger partial charge < -0.3 is 15.0 Å². The predicted molar refractivity (Wildman–Crippen MR) is 106 cm³/mol. The Morgan fingerprint density at radius 3 is 2.33 bits per heavy atom. The highest BCUT2D eigenvalue weighted by Crippen LogP contribution is 2.43. The Labute approximate surface area is 163 Å². The molecule has 0 bridgehead atoms. The van der Waals surface area contributed by atoms with Crippen LogP contribution in [0.1, 0.15) is 53.1 Å². The largest absolute Gasteiger partial charge is 0.497 e. The van der Waals surface area contributed by atoms with E-state index in [2.05, 4.69) is 15.5 Å². The third kappa shape index (κ3) is 4.58. The minimum Gasteiger partial charge on any atom is -0.497 e. The number of carbonyl (C=O) groups excluding carboxylic acids is 1. The highest BCUT2D eigenvalue weighted by atomic mass is 32.1. The Hall–Kier alpha value is -2.15. The lowest BCUT2D eigenvalue weighted by Gasteiger charge is -2.31. The van der Waals surface area contributed by atoms with E-state index in [1.165, 1.54) is 23.4 Å². The minimum atomic E-state index is 0.0397. The molecule has 2 amide bonds. The molecule has 1 aromatic heterocycles. The van der Waals surface area contributed by atoms with Crippen LogP contribution >= 0.6 is 11.3 Å². The van der Waals surface area contributed by atoms with Gasteiger partial charge in [-0.15, -0.1) is 21.5 Å². The number of piperidine rings is 1. The molecule has 0 radical (unpaired) electrons. The van der Waals surface area contributed by atoms with Crippen molar-refractivity contribution in [2.75, 3.05) is 26.7 Å². The van der Waals surface area contributed by atoms with Gasteiger partial charge in [0.1, 0.15) is 15.8 Å². The molecule has 0 unspecified atom stereocenters. The average Bonchev–Trinajstić information content (AvgIpc) is 3.45. The van der Waals surface area contributed by atoms with Crippen molar-refractivity contribution in [2.45, 2.75) is 43.9 Å². The first-order valence-electron chi connectivity index (χ1n) is 9.72. The van der Waals surface area contributed by atoms with Crippen LogP contribution in [-0.2, 0) is 6.42 Å². The van der Waals surface area contributed by atoms with Crippen LogP contribution in [0.2, 0.25) is 0 Å². The molecule has 27 heavy (non-hydrogen) atoms. The second-order valence-corrected chi connectivity index (χ2v) is 8.38. The van der Waals surface area contributed by atoms with Gasteiger partial charge >= 0.3 is 6.03 Å². The number of rotatable bonds is 6. The van der Waals surface area contributed by atoms with Gasteiger partial charge in [0, 0.05) is 31.5 Å². The Kier molecular flexibility index (Phi) is 5.57. The smallest absolute Gasteiger partial charge is 0.317 e. The maximum atomic E-state index is 12.4. The molecule has 7 heteroatoms. The van der Waals surface area contributed by atoms with Crippen molar-refractivity contribution in [3.8, 4) is 5.75 Å². The van der Waals surface area contributed by atoms with Gasteiger partial charge in [-0.2, -0.15) is 0 Å². The molecule has 1 N–H and O–H groups in total. The van der Waals surface area contributed by atoms with E-state index in [4.69, 9.17) is 4.74 Å². The molecule has 1 aliphatic heterocycles. The van der Waals surface area contributed by atoms with Crippen LogP contribution in [0.5, 0.6) is 5.75 Å². The number of aromatic nitrogens is 2. The Balaban J connectivity index is 1.19. The second kappa shape index (κ2) is 8.25. The maximum Gasteiger partial charge on any atom is 0.317 e. The normalized spacial score (nSPS) is 17.7. The summed E-state index contributed by atoms with van der Waals surface area (Å²) in [5.41, 5.74) is 1.19. The standard InChI is InChI=1S/C20H26N4O2S/c1-26-17-6-2-14(3-7-17)8-11-21-20(25)24-12-9-16(10-13-24)19-23-22-18(27-19)15-4-5-15/h2-3,6-7,15-16H,4-5,8-13H2,1H3,(H,21,25). The maximum absolute atomic E-state index is 12.4. The molecule has 0 atom stereocenters. The molecule has 6 nitrogen and oxygen atoms in total. The van der Waals surface area contributed by atoms with Gasteiger partial charge in [-0.1, -0.05) is 12.1 Å². The Morgan fingerprint density at radius 2 is 1.74 bits per heavy atom. The zero-order valence-electron chi connectivity index (χ0n) is 15.7. The fraction of sp³-hybridized carbons (Fsp3) is 0.550. The molecule has 1 aromatic carbocycles. The zero-order valence-corrected chi connectivity index (χ0v) is 16.5. The van der Waals surface area contributed by atoms with Gasteiger partial charge in [0.25, 0.3) is 0 Å². The van der Waals surface area contributed by atoms with Crippen molar-refractivity contribution >= 4 is 17.4 Å². The molecule has 1 aliphatic carbocycles. The molecule has 2 aromatic rings. The summed E-state index contributed by atoms with van der Waals surface area (Å²) in [6, 6.07) is 8.01. The topological polar surface area (TPSA) is 67.3 Å². The minimum absolute atomic E-state index is 0.0397. The number of ether oxygens (including phenoxy) is 1. The number of likely N-dealkylation sites (tertiary alicyclic amines) is 1. The number of methoxy groups -OCH3 is 1. The summed E-state index contributed by atoms with van der Waals surface area (Å²) < 4.78 is 5.16. The molecule has 2 heterocycles. The third-order valence-electron chi connectivity index (χ3n) is 5.36. The molecule has 2 fully saturated rings. The van der Waals surface area contributed by atoms with Crippen LogP contribution in [0.3, 0.4) is 0 Å². The summed E-state index contributed by atoms with van der Waals surface area (Å²) in [4.78, 5) is 14.3. The number of nitrogens with zero attached hydrogens (tertiary/aromatic N) is 3. The lowest BCUT2D eigenvalue weighted by Crippen LogP contribution is -2.44. The first kappa shape index (κ1) is 18.2. The molecule has 1 saturated heterocycles. The van der Waals surface area contributed by atoms with Gasteiger partial charge in [0.15, 0.2) is 0 Å². The van der Waals surface area contributed by atoms with Crippen LogP contribution in [-0.4, -0.2) is 47.9 Å². The van der Waals surface area contributed by atoms with E-state index in [1.54, 1.807) is 18.4 Å². The highest BCUT2D eigenvalue weighted by Gasteiger charge is 2.30. The van der Waals surface area contributed by atoms with Crippen LogP contribution in [0.4, 0.5) is 4.79 Å². The summed E-state index contributed by atoms with van der Waals surface area (Å²) >= 11 is 1.78. The van der Waals surface area contributed by atoms with Crippen LogP contribution in [0.25, 0.3) is 0 Å². The fourth-order valence-corrected chi connectivity index (χ4v) is 4.64. The van der Waals surface area contributed by atoms with E-state index in [9.17, 15) is 4.79 Å². The monoisotopic (exact) mass is 386 g/mol. The Bertz CT molecular complexity index is 765.